The van der Waals surface area contributed by atoms with Crippen molar-refractivity contribution >= 4 is 33.4 Å². The second kappa shape index (κ2) is 11.5. The first-order chi connectivity index (χ1) is 16.7. The van der Waals surface area contributed by atoms with Crippen LogP contribution < -0.4 is 19.1 Å². The second-order valence-corrected chi connectivity index (χ2v) is 10.6. The van der Waals surface area contributed by atoms with Gasteiger partial charge in [0.1, 0.15) is 22.9 Å². The van der Waals surface area contributed by atoms with Gasteiger partial charge in [-0.25, -0.2) is 8.42 Å². The molecule has 1 atom stereocenters. The fourth-order valence-electron chi connectivity index (χ4n) is 3.56. The minimum absolute atomic E-state index is 0.00989. The molecule has 1 N–H and O–H groups in total. The number of ether oxygens (including phenoxy) is 2. The number of carbonyl (C=O) groups is 1. The Morgan fingerprint density at radius 1 is 1.00 bits per heavy atom. The molecule has 0 saturated heterocycles. The number of aryl methyl sites for hydroxylation is 1. The minimum Gasteiger partial charge on any atom is -0.497 e. The molecule has 0 aliphatic heterocycles. The lowest BCUT2D eigenvalue weighted by atomic mass is 10.1. The Morgan fingerprint density at radius 2 is 1.66 bits per heavy atom. The van der Waals surface area contributed by atoms with Gasteiger partial charge in [0, 0.05) is 4.90 Å². The van der Waals surface area contributed by atoms with Crippen LogP contribution in [-0.4, -0.2) is 41.3 Å². The van der Waals surface area contributed by atoms with Crippen molar-refractivity contribution in [2.24, 2.45) is 0 Å². The molecule has 7 nitrogen and oxygen atoms in total. The normalized spacial score (nSPS) is 12.0. The topological polar surface area (TPSA) is 84.9 Å². The van der Waals surface area contributed by atoms with E-state index in [-0.39, 0.29) is 16.7 Å². The lowest BCUT2D eigenvalue weighted by Crippen LogP contribution is -2.41. The van der Waals surface area contributed by atoms with Crippen molar-refractivity contribution in [3.8, 4) is 11.5 Å². The van der Waals surface area contributed by atoms with E-state index >= 15 is 0 Å². The SMILES string of the molecule is COc1ccc(N(CC(=O)N[C@@H](C)c2ccc(SC)cc2)S(=O)(=O)c2cc(C)ccc2OC)cc1. The first kappa shape index (κ1) is 26.4. The number of hydrogen-bond donors (Lipinski definition) is 1. The second-order valence-electron chi connectivity index (χ2n) is 7.93. The third kappa shape index (κ3) is 6.29. The van der Waals surface area contributed by atoms with Crippen molar-refractivity contribution in [2.45, 2.75) is 29.7 Å². The average Bonchev–Trinajstić information content (AvgIpc) is 2.87. The van der Waals surface area contributed by atoms with Gasteiger partial charge in [0.05, 0.1) is 25.9 Å². The number of methoxy groups -OCH3 is 2. The van der Waals surface area contributed by atoms with Crippen LogP contribution in [-0.2, 0) is 14.8 Å². The van der Waals surface area contributed by atoms with Gasteiger partial charge in [-0.1, -0.05) is 18.2 Å². The largest absolute Gasteiger partial charge is 0.497 e. The molecule has 186 valence electrons. The maximum absolute atomic E-state index is 13.8. The van der Waals surface area contributed by atoms with Gasteiger partial charge in [-0.3, -0.25) is 9.10 Å². The lowest BCUT2D eigenvalue weighted by Gasteiger charge is -2.26. The summed E-state index contributed by atoms with van der Waals surface area (Å²) < 4.78 is 39.2. The van der Waals surface area contributed by atoms with Gasteiger partial charge in [-0.2, -0.15) is 0 Å². The molecule has 0 radical (unpaired) electrons. The molecule has 0 unspecified atom stereocenters. The van der Waals surface area contributed by atoms with Crippen LogP contribution >= 0.6 is 11.8 Å². The Bertz CT molecular complexity index is 1260. The molecule has 0 bridgehead atoms. The number of thioether (sulfide) groups is 1. The first-order valence-corrected chi connectivity index (χ1v) is 13.6. The van der Waals surface area contributed by atoms with Gasteiger partial charge in [0.25, 0.3) is 10.0 Å². The number of hydrogen-bond acceptors (Lipinski definition) is 6. The molecule has 35 heavy (non-hydrogen) atoms. The monoisotopic (exact) mass is 514 g/mol. The van der Waals surface area contributed by atoms with Crippen LogP contribution in [0.5, 0.6) is 11.5 Å². The molecule has 3 rings (SSSR count). The highest BCUT2D eigenvalue weighted by atomic mass is 32.2. The predicted octanol–water partition coefficient (Wildman–Crippen LogP) is 4.81. The van der Waals surface area contributed by atoms with Gasteiger partial charge < -0.3 is 14.8 Å². The van der Waals surface area contributed by atoms with E-state index in [9.17, 15) is 13.2 Å². The molecule has 3 aromatic carbocycles. The van der Waals surface area contributed by atoms with Gasteiger partial charge in [-0.15, -0.1) is 11.8 Å². The summed E-state index contributed by atoms with van der Waals surface area (Å²) in [4.78, 5) is 14.2. The highest BCUT2D eigenvalue weighted by Crippen LogP contribution is 2.31. The molecule has 3 aromatic rings. The van der Waals surface area contributed by atoms with Crippen molar-refractivity contribution in [3.63, 3.8) is 0 Å². The summed E-state index contributed by atoms with van der Waals surface area (Å²) in [5.74, 6) is 0.347. The number of amides is 1. The maximum Gasteiger partial charge on any atom is 0.268 e. The fraction of sp³-hybridized carbons (Fsp3) is 0.269. The van der Waals surface area contributed by atoms with Crippen LogP contribution in [0.15, 0.2) is 76.5 Å². The zero-order chi connectivity index (χ0) is 25.6. The molecule has 0 saturated carbocycles. The van der Waals surface area contributed by atoms with Crippen LogP contribution in [0.1, 0.15) is 24.1 Å². The van der Waals surface area contributed by atoms with Crippen molar-refractivity contribution in [2.75, 3.05) is 31.3 Å². The Balaban J connectivity index is 1.94. The first-order valence-electron chi connectivity index (χ1n) is 10.9. The summed E-state index contributed by atoms with van der Waals surface area (Å²) >= 11 is 1.64. The summed E-state index contributed by atoms with van der Waals surface area (Å²) in [5.41, 5.74) is 2.02. The van der Waals surface area contributed by atoms with Crippen LogP contribution in [0.3, 0.4) is 0 Å². The zero-order valence-corrected chi connectivity index (χ0v) is 22.1. The van der Waals surface area contributed by atoms with Crippen molar-refractivity contribution in [1.29, 1.82) is 0 Å². The van der Waals surface area contributed by atoms with Crippen LogP contribution in [0.25, 0.3) is 0 Å². The lowest BCUT2D eigenvalue weighted by molar-refractivity contribution is -0.120. The van der Waals surface area contributed by atoms with Crippen molar-refractivity contribution < 1.29 is 22.7 Å². The molecule has 0 aliphatic carbocycles. The van der Waals surface area contributed by atoms with Crippen molar-refractivity contribution in [1.82, 2.24) is 5.32 Å². The Morgan fingerprint density at radius 3 is 2.23 bits per heavy atom. The van der Waals surface area contributed by atoms with E-state index in [0.717, 1.165) is 20.3 Å². The van der Waals surface area contributed by atoms with E-state index in [4.69, 9.17) is 9.47 Å². The van der Waals surface area contributed by atoms with Gasteiger partial charge in [0.2, 0.25) is 5.91 Å². The molecule has 0 heterocycles. The van der Waals surface area contributed by atoms with Crippen LogP contribution in [0.2, 0.25) is 0 Å². The summed E-state index contributed by atoms with van der Waals surface area (Å²) in [6, 6.07) is 19.0. The number of nitrogens with one attached hydrogen (secondary N) is 1. The number of carbonyl (C=O) groups excluding carboxylic acids is 1. The summed E-state index contributed by atoms with van der Waals surface area (Å²) in [6.07, 6.45) is 2.00. The average molecular weight is 515 g/mol. The van der Waals surface area contributed by atoms with E-state index < -0.39 is 22.5 Å². The van der Waals surface area contributed by atoms with E-state index in [0.29, 0.717) is 11.4 Å². The van der Waals surface area contributed by atoms with Gasteiger partial charge >= 0.3 is 0 Å². The Labute approximate surface area is 211 Å². The maximum atomic E-state index is 13.8. The number of benzene rings is 3. The van der Waals surface area contributed by atoms with Crippen molar-refractivity contribution in [3.05, 3.63) is 77.9 Å². The fourth-order valence-corrected chi connectivity index (χ4v) is 5.63. The minimum atomic E-state index is -4.14. The highest BCUT2D eigenvalue weighted by Gasteiger charge is 2.30. The summed E-state index contributed by atoms with van der Waals surface area (Å²) in [6.45, 7) is 3.26. The molecular weight excluding hydrogens is 484 g/mol. The molecule has 0 spiro atoms. The molecule has 0 aliphatic rings. The van der Waals surface area contributed by atoms with E-state index in [1.54, 1.807) is 61.2 Å². The van der Waals surface area contributed by atoms with E-state index in [1.165, 1.54) is 14.2 Å². The Kier molecular flexibility index (Phi) is 8.69. The number of sulfonamides is 1. The zero-order valence-electron chi connectivity index (χ0n) is 20.4. The quantitative estimate of drug-likeness (QED) is 0.391. The van der Waals surface area contributed by atoms with Gasteiger partial charge in [0.15, 0.2) is 0 Å². The smallest absolute Gasteiger partial charge is 0.268 e. The number of nitrogens with zero attached hydrogens (tertiary/aromatic N) is 1. The summed E-state index contributed by atoms with van der Waals surface area (Å²) in [7, 11) is -1.20. The Hall–Kier alpha value is -3.17. The molecule has 0 aromatic heterocycles. The third-order valence-electron chi connectivity index (χ3n) is 5.53. The van der Waals surface area contributed by atoms with Crippen LogP contribution in [0.4, 0.5) is 5.69 Å². The van der Waals surface area contributed by atoms with E-state index in [1.807, 2.05) is 37.4 Å². The third-order valence-corrected chi connectivity index (χ3v) is 8.07. The molecule has 0 fully saturated rings. The number of rotatable bonds is 10. The van der Waals surface area contributed by atoms with E-state index in [2.05, 4.69) is 5.32 Å². The molecular formula is C26H30N2O5S2. The predicted molar refractivity (Wildman–Crippen MR) is 140 cm³/mol. The summed E-state index contributed by atoms with van der Waals surface area (Å²) in [5, 5.41) is 2.91. The highest BCUT2D eigenvalue weighted by molar-refractivity contribution is 7.98. The van der Waals surface area contributed by atoms with Gasteiger partial charge in [-0.05, 0) is 79.8 Å². The molecule has 1 amide bonds. The standard InChI is InChI=1S/C26H30N2O5S2/c1-18-6-15-24(33-4)25(16-18)35(30,31)28(21-9-11-22(32-3)12-10-21)17-26(29)27-19(2)20-7-13-23(34-5)14-8-20/h6-16,19H,17H2,1-5H3,(H,27,29)/t19-/m0/s1. The number of anilines is 1. The molecule has 9 heteroatoms. The van der Waals surface area contributed by atoms with Crippen LogP contribution in [0, 0.1) is 6.92 Å².